The number of ether oxygens (including phenoxy) is 1. The molecule has 0 aromatic carbocycles. The first-order chi connectivity index (χ1) is 9.26. The average Bonchev–Trinajstić information content (AvgIpc) is 3.02. The lowest BCUT2D eigenvalue weighted by atomic mass is 10.3. The number of carbonyl (C=O) groups is 1. The molecule has 2 rings (SSSR count). The molecule has 0 saturated carbocycles. The van der Waals surface area contributed by atoms with Gasteiger partial charge >= 0.3 is 0 Å². The lowest BCUT2D eigenvalue weighted by Crippen LogP contribution is -2.31. The van der Waals surface area contributed by atoms with Gasteiger partial charge in [-0.15, -0.1) is 11.8 Å². The summed E-state index contributed by atoms with van der Waals surface area (Å²) >= 11 is 1.58. The Labute approximate surface area is 116 Å². The molecule has 1 fully saturated rings. The van der Waals surface area contributed by atoms with E-state index in [1.807, 2.05) is 19.1 Å². The summed E-state index contributed by atoms with van der Waals surface area (Å²) in [6, 6.07) is 3.90. The van der Waals surface area contributed by atoms with E-state index in [2.05, 4.69) is 0 Å². The Morgan fingerprint density at radius 2 is 2.37 bits per heavy atom. The molecule has 0 spiro atoms. The predicted octanol–water partition coefficient (Wildman–Crippen LogP) is 1.42. The van der Waals surface area contributed by atoms with E-state index in [0.29, 0.717) is 25.5 Å². The first-order valence-corrected chi connectivity index (χ1v) is 7.49. The molecule has 1 aliphatic heterocycles. The summed E-state index contributed by atoms with van der Waals surface area (Å²) in [4.78, 5) is 13.6. The molecular formula is C13H19NO4S. The number of nitrogens with zero attached hydrogens (tertiary/aromatic N) is 1. The predicted molar refractivity (Wildman–Crippen MR) is 72.9 cm³/mol. The Bertz CT molecular complexity index is 421. The Kier molecular flexibility index (Phi) is 5.30. The van der Waals surface area contributed by atoms with Crippen molar-refractivity contribution in [2.75, 3.05) is 32.1 Å². The van der Waals surface area contributed by atoms with Crippen molar-refractivity contribution in [2.45, 2.75) is 18.7 Å². The molecule has 1 aromatic heterocycles. The van der Waals surface area contributed by atoms with Crippen molar-refractivity contribution < 1.29 is 19.1 Å². The molecule has 6 heteroatoms. The van der Waals surface area contributed by atoms with E-state index in [1.54, 1.807) is 16.7 Å². The number of amides is 1. The van der Waals surface area contributed by atoms with Crippen molar-refractivity contribution in [2.24, 2.45) is 0 Å². The number of hydrogen-bond donors (Lipinski definition) is 1. The Hall–Kier alpha value is -0.980. The molecule has 1 aliphatic rings. The lowest BCUT2D eigenvalue weighted by molar-refractivity contribution is -0.129. The van der Waals surface area contributed by atoms with Gasteiger partial charge in [0.1, 0.15) is 16.9 Å². The van der Waals surface area contributed by atoms with Gasteiger partial charge in [-0.25, -0.2) is 0 Å². The number of rotatable bonds is 7. The van der Waals surface area contributed by atoms with Crippen molar-refractivity contribution in [1.29, 1.82) is 0 Å². The highest BCUT2D eigenvalue weighted by Gasteiger charge is 2.34. The summed E-state index contributed by atoms with van der Waals surface area (Å²) in [5.74, 6) is 2.35. The van der Waals surface area contributed by atoms with Gasteiger partial charge in [0.2, 0.25) is 5.91 Å². The molecule has 1 saturated heterocycles. The monoisotopic (exact) mass is 285 g/mol. The molecule has 1 unspecified atom stereocenters. The van der Waals surface area contributed by atoms with Crippen molar-refractivity contribution in [3.8, 4) is 0 Å². The van der Waals surface area contributed by atoms with Crippen LogP contribution in [-0.4, -0.2) is 48.0 Å². The highest BCUT2D eigenvalue weighted by atomic mass is 32.2. The molecular weight excluding hydrogens is 266 g/mol. The third-order valence-corrected chi connectivity index (χ3v) is 4.17. The summed E-state index contributed by atoms with van der Waals surface area (Å²) < 4.78 is 10.9. The van der Waals surface area contributed by atoms with Gasteiger partial charge in [0.05, 0.1) is 25.6 Å². The quantitative estimate of drug-likeness (QED) is 0.768. The van der Waals surface area contributed by atoms with Crippen LogP contribution in [0.2, 0.25) is 0 Å². The fourth-order valence-corrected chi connectivity index (χ4v) is 3.14. The van der Waals surface area contributed by atoms with E-state index in [4.69, 9.17) is 14.3 Å². The maximum Gasteiger partial charge on any atom is 0.234 e. The van der Waals surface area contributed by atoms with E-state index in [-0.39, 0.29) is 17.9 Å². The maximum atomic E-state index is 11.9. The minimum atomic E-state index is -0.0504. The fourth-order valence-electron chi connectivity index (χ4n) is 1.98. The Balaban J connectivity index is 1.96. The van der Waals surface area contributed by atoms with Crippen LogP contribution in [0.4, 0.5) is 0 Å². The number of aliphatic hydroxyl groups is 1. The number of carbonyl (C=O) groups excluding carboxylic acids is 1. The summed E-state index contributed by atoms with van der Waals surface area (Å²) in [6.07, 6.45) is 0.852. The number of aliphatic hydroxyl groups excluding tert-OH is 1. The minimum Gasteiger partial charge on any atom is -0.463 e. The van der Waals surface area contributed by atoms with E-state index in [0.717, 1.165) is 17.9 Å². The molecule has 1 aromatic rings. The zero-order chi connectivity index (χ0) is 13.7. The average molecular weight is 285 g/mol. The highest BCUT2D eigenvalue weighted by Crippen LogP contribution is 2.39. The molecule has 2 heterocycles. The number of thioether (sulfide) groups is 1. The second-order valence-electron chi connectivity index (χ2n) is 4.24. The third kappa shape index (κ3) is 3.52. The maximum absolute atomic E-state index is 11.9. The summed E-state index contributed by atoms with van der Waals surface area (Å²) in [6.45, 7) is 3.31. The molecule has 106 valence electrons. The van der Waals surface area contributed by atoms with Gasteiger partial charge in [0.15, 0.2) is 0 Å². The van der Waals surface area contributed by atoms with E-state index < -0.39 is 0 Å². The van der Waals surface area contributed by atoms with Crippen LogP contribution in [0.25, 0.3) is 0 Å². The molecule has 1 amide bonds. The van der Waals surface area contributed by atoms with Crippen molar-refractivity contribution in [3.63, 3.8) is 0 Å². The zero-order valence-electron chi connectivity index (χ0n) is 11.0. The number of hydrogen-bond acceptors (Lipinski definition) is 5. The van der Waals surface area contributed by atoms with Crippen LogP contribution in [0.3, 0.4) is 0 Å². The van der Waals surface area contributed by atoms with E-state index >= 15 is 0 Å². The topological polar surface area (TPSA) is 62.9 Å². The first-order valence-electron chi connectivity index (χ1n) is 6.44. The van der Waals surface area contributed by atoms with Gasteiger partial charge in [-0.05, 0) is 12.1 Å². The van der Waals surface area contributed by atoms with Gasteiger partial charge < -0.3 is 19.2 Å². The molecule has 5 nitrogen and oxygen atoms in total. The molecule has 1 atom stereocenters. The van der Waals surface area contributed by atoms with Crippen LogP contribution in [0.1, 0.15) is 23.8 Å². The summed E-state index contributed by atoms with van der Waals surface area (Å²) in [7, 11) is 0. The molecule has 0 radical (unpaired) electrons. The van der Waals surface area contributed by atoms with E-state index in [1.165, 1.54) is 0 Å². The SMILES string of the molecule is CCc1ccc(C2SCC(=O)N2CCOCCO)o1. The van der Waals surface area contributed by atoms with Crippen molar-refractivity contribution in [3.05, 3.63) is 23.7 Å². The summed E-state index contributed by atoms with van der Waals surface area (Å²) in [5.41, 5.74) is 0. The van der Waals surface area contributed by atoms with Gasteiger partial charge in [-0.2, -0.15) is 0 Å². The minimum absolute atomic E-state index is 0.00414. The number of furan rings is 1. The third-order valence-electron chi connectivity index (χ3n) is 2.95. The molecule has 0 aliphatic carbocycles. The largest absolute Gasteiger partial charge is 0.463 e. The highest BCUT2D eigenvalue weighted by molar-refractivity contribution is 8.00. The second kappa shape index (κ2) is 6.98. The molecule has 1 N–H and O–H groups in total. The first kappa shape index (κ1) is 14.4. The lowest BCUT2D eigenvalue weighted by Gasteiger charge is -2.22. The van der Waals surface area contributed by atoms with Gasteiger partial charge in [0, 0.05) is 13.0 Å². The van der Waals surface area contributed by atoms with Crippen LogP contribution in [0.5, 0.6) is 0 Å². The van der Waals surface area contributed by atoms with Crippen LogP contribution in [0.15, 0.2) is 16.5 Å². The van der Waals surface area contributed by atoms with Crippen LogP contribution in [0, 0.1) is 0 Å². The summed E-state index contributed by atoms with van der Waals surface area (Å²) in [5, 5.41) is 8.60. The second-order valence-corrected chi connectivity index (χ2v) is 5.31. The smallest absolute Gasteiger partial charge is 0.234 e. The Morgan fingerprint density at radius 1 is 1.53 bits per heavy atom. The standard InChI is InChI=1S/C13H19NO4S/c1-2-10-3-4-11(18-10)13-14(12(16)9-19-13)5-7-17-8-6-15/h3-4,13,15H,2,5-9H2,1H3. The zero-order valence-corrected chi connectivity index (χ0v) is 11.8. The van der Waals surface area contributed by atoms with Crippen LogP contribution < -0.4 is 0 Å². The molecule has 19 heavy (non-hydrogen) atoms. The normalized spacial score (nSPS) is 19.4. The number of aryl methyl sites for hydroxylation is 1. The van der Waals surface area contributed by atoms with Crippen LogP contribution >= 0.6 is 11.8 Å². The van der Waals surface area contributed by atoms with Gasteiger partial charge in [-0.1, -0.05) is 6.92 Å². The Morgan fingerprint density at radius 3 is 3.05 bits per heavy atom. The van der Waals surface area contributed by atoms with Gasteiger partial charge in [-0.3, -0.25) is 4.79 Å². The van der Waals surface area contributed by atoms with Gasteiger partial charge in [0.25, 0.3) is 0 Å². The van der Waals surface area contributed by atoms with E-state index in [9.17, 15) is 4.79 Å². The molecule has 0 bridgehead atoms. The van der Waals surface area contributed by atoms with Crippen LogP contribution in [-0.2, 0) is 16.0 Å². The van der Waals surface area contributed by atoms with Crippen molar-refractivity contribution >= 4 is 17.7 Å². The van der Waals surface area contributed by atoms with Crippen molar-refractivity contribution in [1.82, 2.24) is 4.90 Å². The fraction of sp³-hybridized carbons (Fsp3) is 0.615.